The molecule has 4 heteroatoms. The molecule has 0 radical (unpaired) electrons. The molecule has 0 spiro atoms. The van der Waals surface area contributed by atoms with E-state index < -0.39 is 0 Å². The van der Waals surface area contributed by atoms with Crippen molar-refractivity contribution in [3.8, 4) is 5.75 Å². The molecule has 90 valence electrons. The molecule has 1 aromatic heterocycles. The summed E-state index contributed by atoms with van der Waals surface area (Å²) >= 11 is 0. The smallest absolute Gasteiger partial charge is 0.119 e. The van der Waals surface area contributed by atoms with Gasteiger partial charge < -0.3 is 10.1 Å². The molecule has 17 heavy (non-hydrogen) atoms. The number of H-pyrrole nitrogens is 1. The molecule has 0 aliphatic carbocycles. The van der Waals surface area contributed by atoms with Crippen LogP contribution in [-0.4, -0.2) is 17.3 Å². The third-order valence-electron chi connectivity index (χ3n) is 2.75. The minimum atomic E-state index is 0.272. The Kier molecular flexibility index (Phi) is 3.77. The summed E-state index contributed by atoms with van der Waals surface area (Å²) in [4.78, 5) is 0. The van der Waals surface area contributed by atoms with Crippen molar-refractivity contribution in [2.75, 3.05) is 7.11 Å². The van der Waals surface area contributed by atoms with Gasteiger partial charge in [0.05, 0.1) is 7.11 Å². The van der Waals surface area contributed by atoms with Gasteiger partial charge in [0.15, 0.2) is 0 Å². The van der Waals surface area contributed by atoms with Crippen LogP contribution in [0.2, 0.25) is 0 Å². The lowest BCUT2D eigenvalue weighted by Gasteiger charge is -2.14. The van der Waals surface area contributed by atoms with E-state index >= 15 is 0 Å². The van der Waals surface area contributed by atoms with E-state index in [9.17, 15) is 0 Å². The maximum atomic E-state index is 5.21. The summed E-state index contributed by atoms with van der Waals surface area (Å²) in [5.74, 6) is 0.887. The quantitative estimate of drug-likeness (QED) is 0.830. The second-order valence-corrected chi connectivity index (χ2v) is 3.96. The zero-order chi connectivity index (χ0) is 12.1. The molecular formula is C13H17N3O. The number of aromatic amines is 1. The number of rotatable bonds is 5. The highest BCUT2D eigenvalue weighted by atomic mass is 16.5. The Morgan fingerprint density at radius 3 is 3.00 bits per heavy atom. The van der Waals surface area contributed by atoms with Crippen molar-refractivity contribution in [1.82, 2.24) is 15.5 Å². The highest BCUT2D eigenvalue weighted by molar-refractivity contribution is 5.30. The Balaban J connectivity index is 1.96. The molecule has 1 heterocycles. The van der Waals surface area contributed by atoms with Crippen LogP contribution in [0.25, 0.3) is 0 Å². The Labute approximate surface area is 101 Å². The first kappa shape index (κ1) is 11.7. The average Bonchev–Trinajstić information content (AvgIpc) is 2.89. The standard InChI is InChI=1S/C13H17N3O/c1-10(14-9-12-6-7-15-16-12)11-4-3-5-13(8-11)17-2/h3-8,10,14H,9H2,1-2H3,(H,15,16)/t10-/m1/s1. The van der Waals surface area contributed by atoms with Gasteiger partial charge in [-0.15, -0.1) is 0 Å². The molecular weight excluding hydrogens is 214 g/mol. The fraction of sp³-hybridized carbons (Fsp3) is 0.308. The van der Waals surface area contributed by atoms with Crippen LogP contribution in [0, 0.1) is 0 Å². The number of methoxy groups -OCH3 is 1. The second kappa shape index (κ2) is 5.50. The first-order chi connectivity index (χ1) is 8.29. The number of hydrogen-bond donors (Lipinski definition) is 2. The molecule has 2 aromatic rings. The largest absolute Gasteiger partial charge is 0.497 e. The number of nitrogens with zero attached hydrogens (tertiary/aromatic N) is 1. The number of aromatic nitrogens is 2. The van der Waals surface area contributed by atoms with E-state index in [2.05, 4.69) is 28.5 Å². The SMILES string of the molecule is COc1cccc([C@@H](C)NCc2ccn[nH]2)c1. The van der Waals surface area contributed by atoms with Crippen LogP contribution in [0.1, 0.15) is 24.2 Å². The topological polar surface area (TPSA) is 49.9 Å². The second-order valence-electron chi connectivity index (χ2n) is 3.96. The van der Waals surface area contributed by atoms with Gasteiger partial charge in [0.2, 0.25) is 0 Å². The van der Waals surface area contributed by atoms with Crippen LogP contribution >= 0.6 is 0 Å². The lowest BCUT2D eigenvalue weighted by Crippen LogP contribution is -2.18. The Morgan fingerprint density at radius 1 is 1.41 bits per heavy atom. The van der Waals surface area contributed by atoms with Gasteiger partial charge in [-0.25, -0.2) is 0 Å². The highest BCUT2D eigenvalue weighted by Crippen LogP contribution is 2.18. The summed E-state index contributed by atoms with van der Waals surface area (Å²) in [5.41, 5.74) is 2.30. The normalized spacial score (nSPS) is 12.4. The van der Waals surface area contributed by atoms with Crippen molar-refractivity contribution >= 4 is 0 Å². The van der Waals surface area contributed by atoms with Gasteiger partial charge in [-0.3, -0.25) is 5.10 Å². The number of hydrogen-bond acceptors (Lipinski definition) is 3. The van der Waals surface area contributed by atoms with Gasteiger partial charge in [0, 0.05) is 24.5 Å². The first-order valence-corrected chi connectivity index (χ1v) is 5.65. The molecule has 0 fully saturated rings. The number of nitrogens with one attached hydrogen (secondary N) is 2. The third-order valence-corrected chi connectivity index (χ3v) is 2.75. The number of ether oxygens (including phenoxy) is 1. The molecule has 2 rings (SSSR count). The van der Waals surface area contributed by atoms with Crippen LogP contribution in [0.3, 0.4) is 0 Å². The minimum absolute atomic E-state index is 0.272. The van der Waals surface area contributed by atoms with Crippen molar-refractivity contribution in [2.45, 2.75) is 19.5 Å². The molecule has 4 nitrogen and oxygen atoms in total. The van der Waals surface area contributed by atoms with Crippen LogP contribution in [0.4, 0.5) is 0 Å². The molecule has 0 aliphatic heterocycles. The van der Waals surface area contributed by atoms with E-state index in [-0.39, 0.29) is 6.04 Å². The molecule has 0 amide bonds. The Bertz CT molecular complexity index is 453. The van der Waals surface area contributed by atoms with Gasteiger partial charge in [-0.2, -0.15) is 5.10 Å². The fourth-order valence-corrected chi connectivity index (χ4v) is 1.67. The van der Waals surface area contributed by atoms with Gasteiger partial charge >= 0.3 is 0 Å². The van der Waals surface area contributed by atoms with Crippen molar-refractivity contribution in [1.29, 1.82) is 0 Å². The van der Waals surface area contributed by atoms with Gasteiger partial charge in [-0.05, 0) is 30.7 Å². The van der Waals surface area contributed by atoms with Crippen LogP contribution < -0.4 is 10.1 Å². The van der Waals surface area contributed by atoms with Crippen molar-refractivity contribution in [2.24, 2.45) is 0 Å². The van der Waals surface area contributed by atoms with Crippen LogP contribution in [-0.2, 0) is 6.54 Å². The van der Waals surface area contributed by atoms with Gasteiger partial charge in [0.1, 0.15) is 5.75 Å². The Hall–Kier alpha value is -1.81. The minimum Gasteiger partial charge on any atom is -0.497 e. The molecule has 0 saturated heterocycles. The molecule has 2 N–H and O–H groups in total. The summed E-state index contributed by atoms with van der Waals surface area (Å²) in [5, 5.41) is 10.3. The lowest BCUT2D eigenvalue weighted by molar-refractivity contribution is 0.413. The molecule has 0 saturated carbocycles. The average molecular weight is 231 g/mol. The predicted octanol–water partition coefficient (Wildman–Crippen LogP) is 2.27. The Morgan fingerprint density at radius 2 is 2.29 bits per heavy atom. The van der Waals surface area contributed by atoms with E-state index in [0.29, 0.717) is 0 Å². The zero-order valence-electron chi connectivity index (χ0n) is 10.1. The maximum Gasteiger partial charge on any atom is 0.119 e. The number of benzene rings is 1. The molecule has 0 aliphatic rings. The van der Waals surface area contributed by atoms with Crippen molar-refractivity contribution < 1.29 is 4.74 Å². The lowest BCUT2D eigenvalue weighted by atomic mass is 10.1. The molecule has 1 atom stereocenters. The van der Waals surface area contributed by atoms with Crippen molar-refractivity contribution in [3.63, 3.8) is 0 Å². The van der Waals surface area contributed by atoms with Crippen LogP contribution in [0.15, 0.2) is 36.5 Å². The maximum absolute atomic E-state index is 5.21. The van der Waals surface area contributed by atoms with E-state index in [1.54, 1.807) is 13.3 Å². The summed E-state index contributed by atoms with van der Waals surface area (Å²) < 4.78 is 5.21. The van der Waals surface area contributed by atoms with E-state index in [1.807, 2.05) is 24.3 Å². The molecule has 1 aromatic carbocycles. The summed E-state index contributed by atoms with van der Waals surface area (Å²) in [6.45, 7) is 2.91. The zero-order valence-corrected chi connectivity index (χ0v) is 10.1. The third kappa shape index (κ3) is 3.07. The summed E-state index contributed by atoms with van der Waals surface area (Å²) in [6, 6.07) is 10.3. The van der Waals surface area contributed by atoms with Gasteiger partial charge in [-0.1, -0.05) is 12.1 Å². The monoisotopic (exact) mass is 231 g/mol. The summed E-state index contributed by atoms with van der Waals surface area (Å²) in [7, 11) is 1.68. The highest BCUT2D eigenvalue weighted by Gasteiger charge is 2.06. The first-order valence-electron chi connectivity index (χ1n) is 5.65. The molecule has 0 unspecified atom stereocenters. The van der Waals surface area contributed by atoms with E-state index in [1.165, 1.54) is 5.56 Å². The van der Waals surface area contributed by atoms with Gasteiger partial charge in [0.25, 0.3) is 0 Å². The van der Waals surface area contributed by atoms with Crippen LogP contribution in [0.5, 0.6) is 5.75 Å². The molecule has 0 bridgehead atoms. The van der Waals surface area contributed by atoms with Crippen molar-refractivity contribution in [3.05, 3.63) is 47.8 Å². The van der Waals surface area contributed by atoms with E-state index in [0.717, 1.165) is 18.0 Å². The van der Waals surface area contributed by atoms with E-state index in [4.69, 9.17) is 4.74 Å². The summed E-state index contributed by atoms with van der Waals surface area (Å²) in [6.07, 6.45) is 1.76. The fourth-order valence-electron chi connectivity index (χ4n) is 1.67. The predicted molar refractivity (Wildman–Crippen MR) is 66.8 cm³/mol.